The van der Waals surface area contributed by atoms with E-state index < -0.39 is 29.3 Å². The predicted molar refractivity (Wildman–Crippen MR) is 144 cm³/mol. The molecule has 0 bridgehead atoms. The number of allylic oxidation sites excluding steroid dienone is 1. The molecule has 0 amide bonds. The Balaban J connectivity index is 1.49. The van der Waals surface area contributed by atoms with Crippen molar-refractivity contribution in [1.82, 2.24) is 0 Å². The molecule has 0 fully saturated rings. The molecule has 0 aliphatic carbocycles. The van der Waals surface area contributed by atoms with Gasteiger partial charge in [-0.25, -0.2) is 0 Å². The molecule has 0 radical (unpaired) electrons. The van der Waals surface area contributed by atoms with Gasteiger partial charge in [0.05, 0.1) is 31.5 Å². The highest BCUT2D eigenvalue weighted by Crippen LogP contribution is 2.44. The Hall–Kier alpha value is -2.78. The van der Waals surface area contributed by atoms with Gasteiger partial charge >= 0.3 is 0 Å². The van der Waals surface area contributed by atoms with E-state index in [1.807, 2.05) is 30.4 Å². The van der Waals surface area contributed by atoms with E-state index in [-0.39, 0.29) is 12.7 Å². The third-order valence-corrected chi connectivity index (χ3v) is 7.43. The van der Waals surface area contributed by atoms with Gasteiger partial charge in [-0.1, -0.05) is 12.2 Å². The summed E-state index contributed by atoms with van der Waals surface area (Å²) in [6, 6.07) is 7.48. The zero-order valence-corrected chi connectivity index (χ0v) is 23.0. The Morgan fingerprint density at radius 3 is 1.92 bits per heavy atom. The molecular weight excluding hydrogens is 488 g/mol. The highest BCUT2D eigenvalue weighted by atomic mass is 16.5. The van der Waals surface area contributed by atoms with Gasteiger partial charge in [0.15, 0.2) is 23.0 Å². The molecule has 2 aromatic rings. The average molecular weight is 529 g/mol. The summed E-state index contributed by atoms with van der Waals surface area (Å²) in [4.78, 5) is 0. The van der Waals surface area contributed by atoms with Crippen molar-refractivity contribution in [2.24, 2.45) is 5.92 Å². The number of methoxy groups -OCH3 is 2. The number of hydrogen-bond donors (Lipinski definition) is 4. The van der Waals surface area contributed by atoms with Crippen LogP contribution in [0.2, 0.25) is 0 Å². The predicted octanol–water partition coefficient (Wildman–Crippen LogP) is 3.60. The molecule has 4 rings (SSSR count). The van der Waals surface area contributed by atoms with Crippen LogP contribution in [0.15, 0.2) is 30.3 Å². The van der Waals surface area contributed by atoms with Gasteiger partial charge in [-0.2, -0.15) is 0 Å². The van der Waals surface area contributed by atoms with Crippen LogP contribution in [0.25, 0.3) is 6.08 Å². The molecule has 208 valence electrons. The lowest BCUT2D eigenvalue weighted by Gasteiger charge is -2.24. The second-order valence-electron chi connectivity index (χ2n) is 11.4. The van der Waals surface area contributed by atoms with E-state index in [2.05, 4.69) is 0 Å². The van der Waals surface area contributed by atoms with E-state index in [9.17, 15) is 20.4 Å². The van der Waals surface area contributed by atoms with Crippen molar-refractivity contribution < 1.29 is 39.4 Å². The third-order valence-electron chi connectivity index (χ3n) is 7.43. The summed E-state index contributed by atoms with van der Waals surface area (Å²) in [7, 11) is 3.13. The van der Waals surface area contributed by atoms with Crippen molar-refractivity contribution in [3.8, 4) is 23.0 Å². The van der Waals surface area contributed by atoms with Gasteiger partial charge in [-0.3, -0.25) is 0 Å². The van der Waals surface area contributed by atoms with Crippen LogP contribution in [0.5, 0.6) is 23.0 Å². The van der Waals surface area contributed by atoms with Crippen LogP contribution in [-0.2, 0) is 12.8 Å². The Morgan fingerprint density at radius 1 is 0.895 bits per heavy atom. The Morgan fingerprint density at radius 2 is 1.42 bits per heavy atom. The largest absolute Gasteiger partial charge is 0.493 e. The maximum Gasteiger partial charge on any atom is 0.165 e. The van der Waals surface area contributed by atoms with Gasteiger partial charge in [0, 0.05) is 36.5 Å². The van der Waals surface area contributed by atoms with Gasteiger partial charge in [0.2, 0.25) is 0 Å². The number of hydrogen-bond acceptors (Lipinski definition) is 8. The van der Waals surface area contributed by atoms with Crippen LogP contribution < -0.4 is 18.9 Å². The molecule has 4 N–H and O–H groups in total. The van der Waals surface area contributed by atoms with Crippen molar-refractivity contribution in [3.63, 3.8) is 0 Å². The number of benzene rings is 2. The minimum absolute atomic E-state index is 0.206. The molecule has 0 saturated heterocycles. The second-order valence-corrected chi connectivity index (χ2v) is 11.4. The number of aliphatic hydroxyl groups is 4. The molecule has 2 aromatic carbocycles. The van der Waals surface area contributed by atoms with Crippen LogP contribution in [0.4, 0.5) is 0 Å². The van der Waals surface area contributed by atoms with E-state index in [1.165, 1.54) is 0 Å². The SMILES string of the molecule is COc1cc(/C=C/CC(CO)C(O)c2cc3c(c(OC)c2)O[C@H](C(C)(C)O)C3)cc2c1O[C@H](C(C)(C)O)C2. The lowest BCUT2D eigenvalue weighted by molar-refractivity contribution is -0.0237. The normalized spacial score (nSPS) is 20.5. The Bertz CT molecular complexity index is 1170. The Labute approximate surface area is 224 Å². The van der Waals surface area contributed by atoms with Gasteiger partial charge in [0.25, 0.3) is 0 Å². The first-order valence-electron chi connectivity index (χ1n) is 13.0. The molecule has 8 nitrogen and oxygen atoms in total. The number of rotatable bonds is 10. The van der Waals surface area contributed by atoms with Crippen molar-refractivity contribution in [2.45, 2.75) is 76.5 Å². The monoisotopic (exact) mass is 528 g/mol. The van der Waals surface area contributed by atoms with Crippen molar-refractivity contribution >= 4 is 6.08 Å². The lowest BCUT2D eigenvalue weighted by Crippen LogP contribution is -2.39. The smallest absolute Gasteiger partial charge is 0.165 e. The molecule has 0 spiro atoms. The molecule has 2 heterocycles. The summed E-state index contributed by atoms with van der Waals surface area (Å²) in [6.07, 6.45) is 3.66. The molecule has 4 atom stereocenters. The number of ether oxygens (including phenoxy) is 4. The summed E-state index contributed by atoms with van der Waals surface area (Å²) in [5.74, 6) is 1.89. The summed E-state index contributed by atoms with van der Waals surface area (Å²) < 4.78 is 23.0. The van der Waals surface area contributed by atoms with Crippen molar-refractivity contribution in [2.75, 3.05) is 20.8 Å². The fourth-order valence-corrected chi connectivity index (χ4v) is 5.02. The zero-order valence-electron chi connectivity index (χ0n) is 23.0. The van der Waals surface area contributed by atoms with Gasteiger partial charge in [-0.15, -0.1) is 0 Å². The van der Waals surface area contributed by atoms with E-state index in [0.29, 0.717) is 47.8 Å². The standard InChI is InChI=1S/C30H40O8/c1-29(2,33)24-14-20-10-17(11-22(35-5)27(20)37-24)8-7-9-18(16-31)26(32)19-12-21-15-25(30(3,4)34)38-28(21)23(13-19)36-6/h7-8,10-13,18,24-26,31-34H,9,14-16H2,1-6H3/b8-7+/t18?,24-,25-,26?/m0/s1. The van der Waals surface area contributed by atoms with Gasteiger partial charge in [-0.05, 0) is 69.5 Å². The average Bonchev–Trinajstić information content (AvgIpc) is 3.49. The van der Waals surface area contributed by atoms with E-state index in [0.717, 1.165) is 16.7 Å². The quantitative estimate of drug-likeness (QED) is 0.370. The minimum Gasteiger partial charge on any atom is -0.493 e. The molecule has 38 heavy (non-hydrogen) atoms. The highest BCUT2D eigenvalue weighted by Gasteiger charge is 2.38. The van der Waals surface area contributed by atoms with E-state index in [1.54, 1.807) is 48.0 Å². The lowest BCUT2D eigenvalue weighted by atomic mass is 9.90. The summed E-state index contributed by atoms with van der Waals surface area (Å²) in [5, 5.41) is 42.0. The first-order valence-corrected chi connectivity index (χ1v) is 13.0. The molecule has 2 aliphatic heterocycles. The van der Waals surface area contributed by atoms with Gasteiger partial charge in [0.1, 0.15) is 12.2 Å². The first-order chi connectivity index (χ1) is 17.8. The molecule has 2 unspecified atom stereocenters. The maximum atomic E-state index is 11.2. The molecule has 2 aliphatic rings. The molecule has 0 saturated carbocycles. The molecular formula is C30H40O8. The maximum absolute atomic E-state index is 11.2. The summed E-state index contributed by atoms with van der Waals surface area (Å²) >= 11 is 0. The fraction of sp³-hybridized carbons (Fsp3) is 0.533. The molecule has 0 aromatic heterocycles. The highest BCUT2D eigenvalue weighted by molar-refractivity contribution is 5.61. The zero-order chi connectivity index (χ0) is 27.8. The minimum atomic E-state index is -1.02. The first kappa shape index (κ1) is 28.2. The summed E-state index contributed by atoms with van der Waals surface area (Å²) in [5.41, 5.74) is 1.35. The number of aliphatic hydroxyl groups excluding tert-OH is 2. The van der Waals surface area contributed by atoms with Crippen LogP contribution in [-0.4, -0.2) is 64.7 Å². The van der Waals surface area contributed by atoms with Crippen LogP contribution in [0.3, 0.4) is 0 Å². The van der Waals surface area contributed by atoms with Crippen LogP contribution in [0, 0.1) is 5.92 Å². The van der Waals surface area contributed by atoms with Gasteiger partial charge < -0.3 is 39.4 Å². The van der Waals surface area contributed by atoms with Crippen LogP contribution >= 0.6 is 0 Å². The fourth-order valence-electron chi connectivity index (χ4n) is 5.02. The third kappa shape index (κ3) is 5.78. The Kier molecular flexibility index (Phi) is 8.00. The van der Waals surface area contributed by atoms with E-state index >= 15 is 0 Å². The number of fused-ring (bicyclic) bond motifs is 2. The molecule has 8 heteroatoms. The van der Waals surface area contributed by atoms with E-state index in [4.69, 9.17) is 18.9 Å². The topological polar surface area (TPSA) is 118 Å². The van der Waals surface area contributed by atoms with Crippen LogP contribution in [0.1, 0.15) is 62.5 Å². The summed E-state index contributed by atoms with van der Waals surface area (Å²) in [6.45, 7) is 6.66. The van der Waals surface area contributed by atoms with Crippen molar-refractivity contribution in [1.29, 1.82) is 0 Å². The second kappa shape index (κ2) is 10.8. The van der Waals surface area contributed by atoms with Crippen molar-refractivity contribution in [3.05, 3.63) is 52.6 Å².